The Morgan fingerprint density at radius 2 is 1.87 bits per heavy atom. The van der Waals surface area contributed by atoms with E-state index in [2.05, 4.69) is 0 Å². The van der Waals surface area contributed by atoms with Crippen molar-refractivity contribution in [1.82, 2.24) is 4.90 Å². The second-order valence-electron chi connectivity index (χ2n) is 5.67. The van der Waals surface area contributed by atoms with Crippen LogP contribution >= 0.6 is 0 Å². The van der Waals surface area contributed by atoms with Gasteiger partial charge in [-0.3, -0.25) is 4.79 Å². The van der Waals surface area contributed by atoms with Crippen molar-refractivity contribution in [3.05, 3.63) is 71.3 Å². The molecule has 0 fully saturated rings. The fourth-order valence-corrected chi connectivity index (χ4v) is 2.96. The summed E-state index contributed by atoms with van der Waals surface area (Å²) in [6.45, 7) is 1.26. The zero-order valence-electron chi connectivity index (χ0n) is 13.0. The van der Waals surface area contributed by atoms with Gasteiger partial charge in [0.1, 0.15) is 0 Å². The van der Waals surface area contributed by atoms with Crippen molar-refractivity contribution in [2.75, 3.05) is 19.8 Å². The molecule has 3 rings (SSSR count). The van der Waals surface area contributed by atoms with Crippen LogP contribution < -0.4 is 0 Å². The van der Waals surface area contributed by atoms with Gasteiger partial charge in [-0.1, -0.05) is 54.6 Å². The maximum atomic E-state index is 12.9. The predicted molar refractivity (Wildman–Crippen MR) is 87.8 cm³/mol. The Hall–Kier alpha value is -2.17. The summed E-state index contributed by atoms with van der Waals surface area (Å²) in [5, 5.41) is 9.32. The highest BCUT2D eigenvalue weighted by Crippen LogP contribution is 2.29. The molecule has 1 atom stereocenters. The summed E-state index contributed by atoms with van der Waals surface area (Å²) >= 11 is 0. The van der Waals surface area contributed by atoms with Crippen LogP contribution in [0.25, 0.3) is 0 Å². The average Bonchev–Trinajstić information content (AvgIpc) is 2.61. The van der Waals surface area contributed by atoms with Crippen LogP contribution in [0.2, 0.25) is 0 Å². The summed E-state index contributed by atoms with van der Waals surface area (Å²) < 4.78 is 5.76. The van der Waals surface area contributed by atoms with Crippen molar-refractivity contribution in [2.24, 2.45) is 0 Å². The Balaban J connectivity index is 1.82. The molecule has 0 saturated heterocycles. The first-order chi connectivity index (χ1) is 11.3. The highest BCUT2D eigenvalue weighted by Gasteiger charge is 2.30. The highest BCUT2D eigenvalue weighted by molar-refractivity contribution is 5.83. The number of fused-ring (bicyclic) bond motifs is 1. The van der Waals surface area contributed by atoms with Gasteiger partial charge in [-0.15, -0.1) is 0 Å². The summed E-state index contributed by atoms with van der Waals surface area (Å²) in [6, 6.07) is 17.7. The first kappa shape index (κ1) is 15.7. The van der Waals surface area contributed by atoms with Gasteiger partial charge >= 0.3 is 0 Å². The van der Waals surface area contributed by atoms with Crippen molar-refractivity contribution in [3.63, 3.8) is 0 Å². The van der Waals surface area contributed by atoms with E-state index in [0.29, 0.717) is 19.7 Å². The van der Waals surface area contributed by atoms with Crippen molar-refractivity contribution in [3.8, 4) is 0 Å². The molecule has 2 aromatic carbocycles. The molecule has 0 bridgehead atoms. The van der Waals surface area contributed by atoms with Gasteiger partial charge in [0.25, 0.3) is 5.91 Å². The second-order valence-corrected chi connectivity index (χ2v) is 5.67. The van der Waals surface area contributed by atoms with Gasteiger partial charge in [0.2, 0.25) is 0 Å². The van der Waals surface area contributed by atoms with Crippen LogP contribution in [0.1, 0.15) is 22.8 Å². The number of aliphatic hydroxyl groups excluding tert-OH is 1. The van der Waals surface area contributed by atoms with Crippen molar-refractivity contribution in [2.45, 2.75) is 19.1 Å². The number of amides is 1. The lowest BCUT2D eigenvalue weighted by molar-refractivity contribution is -0.146. The molecular weight excluding hydrogens is 290 g/mol. The predicted octanol–water partition coefficient (Wildman–Crippen LogP) is 2.32. The molecule has 0 spiro atoms. The number of hydrogen-bond acceptors (Lipinski definition) is 3. The fourth-order valence-electron chi connectivity index (χ4n) is 2.96. The number of nitrogens with zero attached hydrogens (tertiary/aromatic N) is 1. The van der Waals surface area contributed by atoms with Gasteiger partial charge in [-0.2, -0.15) is 0 Å². The maximum Gasteiger partial charge on any atom is 0.256 e. The molecule has 0 saturated carbocycles. The third-order valence-electron chi connectivity index (χ3n) is 4.12. The smallest absolute Gasteiger partial charge is 0.256 e. The number of benzene rings is 2. The fraction of sp³-hybridized carbons (Fsp3) is 0.316. The standard InChI is InChI=1S/C19H21NO3/c21-12-11-20(14-15-6-2-1-3-7-15)19(22)18-17-9-5-4-8-16(17)10-13-23-18/h1-9,18,21H,10-14H2/t18-/m0/s1. The van der Waals surface area contributed by atoms with E-state index in [1.165, 1.54) is 5.56 Å². The number of carbonyl (C=O) groups is 1. The van der Waals surface area contributed by atoms with Gasteiger partial charge in [-0.25, -0.2) is 0 Å². The van der Waals surface area contributed by atoms with E-state index < -0.39 is 6.10 Å². The van der Waals surface area contributed by atoms with Crippen LogP contribution in [-0.2, 0) is 22.5 Å². The lowest BCUT2D eigenvalue weighted by atomic mass is 9.96. The van der Waals surface area contributed by atoms with E-state index in [0.717, 1.165) is 17.5 Å². The number of carbonyl (C=O) groups excluding carboxylic acids is 1. The van der Waals surface area contributed by atoms with Crippen LogP contribution in [-0.4, -0.2) is 35.7 Å². The van der Waals surface area contributed by atoms with Gasteiger partial charge < -0.3 is 14.7 Å². The molecule has 0 aromatic heterocycles. The molecule has 120 valence electrons. The number of hydrogen-bond donors (Lipinski definition) is 1. The molecule has 0 radical (unpaired) electrons. The molecule has 1 aliphatic heterocycles. The normalized spacial score (nSPS) is 16.7. The van der Waals surface area contributed by atoms with Gasteiger partial charge in [0, 0.05) is 13.1 Å². The minimum absolute atomic E-state index is 0.0626. The van der Waals surface area contributed by atoms with E-state index in [1.807, 2.05) is 54.6 Å². The average molecular weight is 311 g/mol. The summed E-state index contributed by atoms with van der Waals surface area (Å²) in [6.07, 6.45) is 0.258. The van der Waals surface area contributed by atoms with Crippen LogP contribution in [0.3, 0.4) is 0 Å². The largest absolute Gasteiger partial charge is 0.395 e. The minimum Gasteiger partial charge on any atom is -0.395 e. The lowest BCUT2D eigenvalue weighted by Gasteiger charge is -2.30. The minimum atomic E-state index is -0.574. The SMILES string of the molecule is O=C([C@H]1OCCc2ccccc21)N(CCO)Cc1ccccc1. The molecular formula is C19H21NO3. The zero-order chi connectivity index (χ0) is 16.1. The lowest BCUT2D eigenvalue weighted by Crippen LogP contribution is -2.39. The molecule has 1 N–H and O–H groups in total. The van der Waals surface area contributed by atoms with E-state index in [1.54, 1.807) is 4.90 Å². The molecule has 2 aromatic rings. The molecule has 23 heavy (non-hydrogen) atoms. The Kier molecular flexibility index (Phi) is 5.05. The Bertz CT molecular complexity index is 657. The first-order valence-corrected chi connectivity index (χ1v) is 7.92. The van der Waals surface area contributed by atoms with Gasteiger partial charge in [0.15, 0.2) is 6.10 Å². The Morgan fingerprint density at radius 1 is 1.13 bits per heavy atom. The number of aliphatic hydroxyl groups is 1. The van der Waals surface area contributed by atoms with E-state index >= 15 is 0 Å². The molecule has 1 heterocycles. The summed E-state index contributed by atoms with van der Waals surface area (Å²) in [7, 11) is 0. The van der Waals surface area contributed by atoms with Crippen LogP contribution in [0.5, 0.6) is 0 Å². The summed E-state index contributed by atoms with van der Waals surface area (Å²) in [5.41, 5.74) is 3.15. The second kappa shape index (κ2) is 7.40. The maximum absolute atomic E-state index is 12.9. The third kappa shape index (κ3) is 3.60. The Morgan fingerprint density at radius 3 is 2.65 bits per heavy atom. The molecule has 4 heteroatoms. The third-order valence-corrected chi connectivity index (χ3v) is 4.12. The Labute approximate surface area is 136 Å². The van der Waals surface area contributed by atoms with E-state index in [-0.39, 0.29) is 12.5 Å². The summed E-state index contributed by atoms with van der Waals surface area (Å²) in [4.78, 5) is 14.6. The molecule has 1 aliphatic rings. The first-order valence-electron chi connectivity index (χ1n) is 7.92. The van der Waals surface area contributed by atoms with Crippen LogP contribution in [0, 0.1) is 0 Å². The molecule has 0 unspecified atom stereocenters. The van der Waals surface area contributed by atoms with Crippen molar-refractivity contribution >= 4 is 5.91 Å². The van der Waals surface area contributed by atoms with E-state index in [9.17, 15) is 9.90 Å². The van der Waals surface area contributed by atoms with Gasteiger partial charge in [-0.05, 0) is 23.1 Å². The van der Waals surface area contributed by atoms with Crippen LogP contribution in [0.4, 0.5) is 0 Å². The number of rotatable bonds is 5. The summed E-state index contributed by atoms with van der Waals surface area (Å²) in [5.74, 6) is -0.0879. The quantitative estimate of drug-likeness (QED) is 0.922. The monoisotopic (exact) mass is 311 g/mol. The van der Waals surface area contributed by atoms with E-state index in [4.69, 9.17) is 4.74 Å². The van der Waals surface area contributed by atoms with Crippen molar-refractivity contribution in [1.29, 1.82) is 0 Å². The topological polar surface area (TPSA) is 49.8 Å². The zero-order valence-corrected chi connectivity index (χ0v) is 13.0. The molecule has 1 amide bonds. The molecule has 0 aliphatic carbocycles. The highest BCUT2D eigenvalue weighted by atomic mass is 16.5. The van der Waals surface area contributed by atoms with Gasteiger partial charge in [0.05, 0.1) is 13.2 Å². The van der Waals surface area contributed by atoms with Crippen LogP contribution in [0.15, 0.2) is 54.6 Å². The van der Waals surface area contributed by atoms with Crippen molar-refractivity contribution < 1.29 is 14.6 Å². The number of ether oxygens (including phenoxy) is 1. The molecule has 4 nitrogen and oxygen atoms in total.